The van der Waals surface area contributed by atoms with Crippen molar-refractivity contribution in [3.05, 3.63) is 47.5 Å². The number of unbranched alkanes of at least 4 members (excludes halogenated alkanes) is 2. The van der Waals surface area contributed by atoms with Gasteiger partial charge in [0.1, 0.15) is 17.7 Å². The minimum absolute atomic E-state index is 0.155. The third-order valence-electron chi connectivity index (χ3n) is 6.22. The minimum atomic E-state index is -0.857. The molecule has 0 aliphatic heterocycles. The third-order valence-corrected chi connectivity index (χ3v) is 6.22. The van der Waals surface area contributed by atoms with Crippen LogP contribution in [-0.4, -0.2) is 47.5 Å². The third kappa shape index (κ3) is 9.32. The maximum atomic E-state index is 14.1. The van der Waals surface area contributed by atoms with Gasteiger partial charge in [0, 0.05) is 13.1 Å². The van der Waals surface area contributed by atoms with Crippen molar-refractivity contribution in [2.45, 2.75) is 98.8 Å². The van der Waals surface area contributed by atoms with Crippen molar-refractivity contribution in [2.24, 2.45) is 5.92 Å². The predicted octanol–water partition coefficient (Wildman–Crippen LogP) is 5.60. The van der Waals surface area contributed by atoms with Gasteiger partial charge in [-0.15, -0.1) is 6.58 Å². The molecule has 1 aromatic rings. The van der Waals surface area contributed by atoms with E-state index in [0.717, 1.165) is 36.0 Å². The van der Waals surface area contributed by atoms with Gasteiger partial charge in [-0.25, -0.2) is 4.79 Å². The van der Waals surface area contributed by atoms with E-state index >= 15 is 0 Å². The van der Waals surface area contributed by atoms with Crippen LogP contribution >= 0.6 is 0 Å². The van der Waals surface area contributed by atoms with Gasteiger partial charge in [-0.2, -0.15) is 0 Å². The van der Waals surface area contributed by atoms with Crippen molar-refractivity contribution in [3.63, 3.8) is 0 Å². The van der Waals surface area contributed by atoms with Crippen molar-refractivity contribution >= 4 is 17.9 Å². The van der Waals surface area contributed by atoms with E-state index in [-0.39, 0.29) is 24.3 Å². The summed E-state index contributed by atoms with van der Waals surface area (Å²) in [7, 11) is 0. The molecule has 0 heterocycles. The van der Waals surface area contributed by atoms with E-state index in [1.54, 1.807) is 26.8 Å². The Balaban J connectivity index is 3.50. The lowest BCUT2D eigenvalue weighted by molar-refractivity contribution is -0.142. The Labute approximate surface area is 218 Å². The van der Waals surface area contributed by atoms with Crippen molar-refractivity contribution in [1.29, 1.82) is 0 Å². The molecule has 7 heteroatoms. The average molecular weight is 502 g/mol. The molecule has 0 saturated carbocycles. The summed E-state index contributed by atoms with van der Waals surface area (Å²) in [5.74, 6) is -0.756. The highest BCUT2D eigenvalue weighted by Gasteiger charge is 2.38. The van der Waals surface area contributed by atoms with Gasteiger partial charge in [-0.05, 0) is 63.6 Å². The van der Waals surface area contributed by atoms with E-state index < -0.39 is 23.8 Å². The molecule has 7 nitrogen and oxygen atoms in total. The van der Waals surface area contributed by atoms with E-state index in [4.69, 9.17) is 4.74 Å². The zero-order chi connectivity index (χ0) is 27.5. The summed E-state index contributed by atoms with van der Waals surface area (Å²) >= 11 is 0. The number of ether oxygens (including phenoxy) is 1. The van der Waals surface area contributed by atoms with Crippen molar-refractivity contribution in [1.82, 2.24) is 15.5 Å². The van der Waals surface area contributed by atoms with Crippen LogP contribution in [0.25, 0.3) is 0 Å². The molecule has 1 rings (SSSR count). The number of nitrogens with one attached hydrogen (secondary N) is 2. The second kappa shape index (κ2) is 14.7. The van der Waals surface area contributed by atoms with Gasteiger partial charge in [0.2, 0.25) is 11.8 Å². The quantitative estimate of drug-likeness (QED) is 0.272. The van der Waals surface area contributed by atoms with Crippen molar-refractivity contribution in [2.75, 3.05) is 13.1 Å². The van der Waals surface area contributed by atoms with Crippen LogP contribution < -0.4 is 10.6 Å². The van der Waals surface area contributed by atoms with Gasteiger partial charge in [-0.3, -0.25) is 9.59 Å². The highest BCUT2D eigenvalue weighted by atomic mass is 16.6. The van der Waals surface area contributed by atoms with E-state index in [2.05, 4.69) is 24.1 Å². The average Bonchev–Trinajstić information content (AvgIpc) is 2.79. The highest BCUT2D eigenvalue weighted by molar-refractivity contribution is 5.92. The zero-order valence-corrected chi connectivity index (χ0v) is 23.6. The Bertz CT molecular complexity index is 871. The van der Waals surface area contributed by atoms with Crippen molar-refractivity contribution < 1.29 is 19.1 Å². The number of alkyl carbamates (subject to hydrolysis) is 1. The summed E-state index contributed by atoms with van der Waals surface area (Å²) in [4.78, 5) is 41.9. The summed E-state index contributed by atoms with van der Waals surface area (Å²) in [6.07, 6.45) is 4.54. The molecule has 0 aromatic heterocycles. The van der Waals surface area contributed by atoms with Gasteiger partial charge in [0.25, 0.3) is 0 Å². The number of nitrogens with zero attached hydrogens (tertiary/aromatic N) is 1. The first kappa shape index (κ1) is 31.2. The maximum Gasteiger partial charge on any atom is 0.408 e. The number of aryl methyl sites for hydroxylation is 2. The Morgan fingerprint density at radius 3 is 2.22 bits per heavy atom. The van der Waals surface area contributed by atoms with Crippen LogP contribution in [0.3, 0.4) is 0 Å². The zero-order valence-electron chi connectivity index (χ0n) is 23.6. The largest absolute Gasteiger partial charge is 0.444 e. The number of hydrogen-bond acceptors (Lipinski definition) is 4. The molecule has 202 valence electrons. The minimum Gasteiger partial charge on any atom is -0.444 e. The van der Waals surface area contributed by atoms with Gasteiger partial charge in [0.05, 0.1) is 0 Å². The molecule has 3 unspecified atom stereocenters. The normalized spacial score (nSPS) is 13.8. The topological polar surface area (TPSA) is 87.7 Å². The molecule has 36 heavy (non-hydrogen) atoms. The van der Waals surface area contributed by atoms with Crippen LogP contribution in [0, 0.1) is 19.8 Å². The molecule has 0 fully saturated rings. The number of rotatable bonds is 13. The first-order valence-electron chi connectivity index (χ1n) is 13.1. The van der Waals surface area contributed by atoms with Crippen LogP contribution in [0.2, 0.25) is 0 Å². The molecule has 3 atom stereocenters. The second-order valence-corrected chi connectivity index (χ2v) is 10.5. The standard InChI is InChI=1S/C29H47N3O4/c1-10-13-14-18-30-26(33)25(23-21(5)16-15-17-22(23)6)32(19-11-2)27(34)24(20(4)12-3)31-28(35)36-29(7,8)9/h11,15-17,20,24-25H,2,10,12-14,18-19H2,1,3-9H3,(H,30,33)(H,31,35). The monoisotopic (exact) mass is 501 g/mol. The molecular formula is C29H47N3O4. The smallest absolute Gasteiger partial charge is 0.408 e. The maximum absolute atomic E-state index is 14.1. The molecule has 0 saturated heterocycles. The summed E-state index contributed by atoms with van der Waals surface area (Å²) < 4.78 is 5.44. The molecule has 0 bridgehead atoms. The Morgan fingerprint density at radius 2 is 1.72 bits per heavy atom. The molecule has 0 aliphatic carbocycles. The van der Waals surface area contributed by atoms with Gasteiger partial charge in [-0.1, -0.05) is 64.3 Å². The van der Waals surface area contributed by atoms with E-state index in [1.165, 1.54) is 4.90 Å². The van der Waals surface area contributed by atoms with Crippen molar-refractivity contribution in [3.8, 4) is 0 Å². The fourth-order valence-electron chi connectivity index (χ4n) is 4.13. The first-order chi connectivity index (χ1) is 16.9. The molecule has 3 amide bonds. The van der Waals surface area contributed by atoms with Crippen LogP contribution in [-0.2, 0) is 14.3 Å². The van der Waals surface area contributed by atoms with E-state index in [9.17, 15) is 14.4 Å². The summed E-state index contributed by atoms with van der Waals surface area (Å²) in [6.45, 7) is 19.7. The molecule has 0 radical (unpaired) electrons. The lowest BCUT2D eigenvalue weighted by Crippen LogP contribution is -2.55. The van der Waals surface area contributed by atoms with Crippen LogP contribution in [0.15, 0.2) is 30.9 Å². The van der Waals surface area contributed by atoms with E-state index in [0.29, 0.717) is 13.0 Å². The Hall–Kier alpha value is -2.83. The summed E-state index contributed by atoms with van der Waals surface area (Å²) in [6, 6.07) is 4.12. The number of benzene rings is 1. The summed E-state index contributed by atoms with van der Waals surface area (Å²) in [5.41, 5.74) is 1.94. The van der Waals surface area contributed by atoms with Gasteiger partial charge >= 0.3 is 6.09 Å². The molecule has 0 spiro atoms. The lowest BCUT2D eigenvalue weighted by atomic mass is 9.92. The highest BCUT2D eigenvalue weighted by Crippen LogP contribution is 2.29. The molecule has 2 N–H and O–H groups in total. The van der Waals surface area contributed by atoms with Gasteiger partial charge in [0.15, 0.2) is 0 Å². The van der Waals surface area contributed by atoms with Crippen LogP contribution in [0.5, 0.6) is 0 Å². The molecular weight excluding hydrogens is 454 g/mol. The van der Waals surface area contributed by atoms with Crippen LogP contribution in [0.1, 0.15) is 90.0 Å². The predicted molar refractivity (Wildman–Crippen MR) is 146 cm³/mol. The second-order valence-electron chi connectivity index (χ2n) is 10.5. The SMILES string of the molecule is C=CCN(C(=O)C(NC(=O)OC(C)(C)C)C(C)CC)C(C(=O)NCCCCC)c1c(C)cccc1C. The molecule has 0 aliphatic rings. The number of amides is 3. The summed E-state index contributed by atoms with van der Waals surface area (Å²) in [5, 5.41) is 5.82. The number of carbonyl (C=O) groups is 3. The Morgan fingerprint density at radius 1 is 1.11 bits per heavy atom. The first-order valence-corrected chi connectivity index (χ1v) is 13.1. The van der Waals surface area contributed by atoms with Crippen LogP contribution in [0.4, 0.5) is 4.79 Å². The fourth-order valence-corrected chi connectivity index (χ4v) is 4.13. The lowest BCUT2D eigenvalue weighted by Gasteiger charge is -2.36. The Kier molecular flexibility index (Phi) is 12.7. The van der Waals surface area contributed by atoms with Gasteiger partial charge < -0.3 is 20.3 Å². The van der Waals surface area contributed by atoms with E-state index in [1.807, 2.05) is 45.9 Å². The molecule has 1 aromatic carbocycles. The number of carbonyl (C=O) groups excluding carboxylic acids is 3. The number of hydrogen-bond donors (Lipinski definition) is 2. The fraction of sp³-hybridized carbons (Fsp3) is 0.621.